The maximum atomic E-state index is 12.5. The number of alkyl halides is 3. The van der Waals surface area contributed by atoms with Crippen molar-refractivity contribution in [2.24, 2.45) is 0 Å². The fourth-order valence-electron chi connectivity index (χ4n) is 2.07. The van der Waals surface area contributed by atoms with Gasteiger partial charge in [-0.05, 0) is 30.8 Å². The van der Waals surface area contributed by atoms with Crippen LogP contribution in [0.3, 0.4) is 0 Å². The predicted octanol–water partition coefficient (Wildman–Crippen LogP) is 3.93. The predicted molar refractivity (Wildman–Crippen MR) is 82.3 cm³/mol. The molecule has 0 aliphatic carbocycles. The summed E-state index contributed by atoms with van der Waals surface area (Å²) in [5.74, 6) is 0.695. The molecule has 0 saturated carbocycles. The summed E-state index contributed by atoms with van der Waals surface area (Å²) in [6.07, 6.45) is -4.50. The van der Waals surface area contributed by atoms with Crippen LogP contribution in [0.2, 0.25) is 0 Å². The number of halogens is 3. The summed E-state index contributed by atoms with van der Waals surface area (Å²) in [6.45, 7) is 2.56. The fourth-order valence-corrected chi connectivity index (χ4v) is 2.88. The van der Waals surface area contributed by atoms with Crippen molar-refractivity contribution in [1.29, 1.82) is 0 Å². The van der Waals surface area contributed by atoms with E-state index in [1.54, 1.807) is 0 Å². The van der Waals surface area contributed by atoms with Crippen LogP contribution in [0.4, 0.5) is 13.2 Å². The van der Waals surface area contributed by atoms with Gasteiger partial charge in [-0.3, -0.25) is 0 Å². The Morgan fingerprint density at radius 2 is 1.71 bits per heavy atom. The largest absolute Gasteiger partial charge is 0.435 e. The normalized spacial score (nSPS) is 11.7. The highest BCUT2D eigenvalue weighted by Crippen LogP contribution is 2.30. The molecule has 2 heterocycles. The van der Waals surface area contributed by atoms with Crippen molar-refractivity contribution in [1.82, 2.24) is 25.0 Å². The quantitative estimate of drug-likeness (QED) is 0.713. The van der Waals surface area contributed by atoms with Gasteiger partial charge >= 0.3 is 6.18 Å². The standard InChI is InChI=1S/C15H12F3N5S/c1-2-23-13(10-6-4-3-5-7-10)21-22-14(23)24-12-9-8-11(19-20-12)15(16,17)18/h3-9H,2H2,1H3. The first-order valence-corrected chi connectivity index (χ1v) is 7.88. The third-order valence-electron chi connectivity index (χ3n) is 3.19. The monoisotopic (exact) mass is 351 g/mol. The Morgan fingerprint density at radius 3 is 2.29 bits per heavy atom. The number of benzene rings is 1. The Labute approximate surface area is 139 Å². The Bertz CT molecular complexity index is 815. The smallest absolute Gasteiger partial charge is 0.302 e. The van der Waals surface area contributed by atoms with Gasteiger partial charge in [0, 0.05) is 12.1 Å². The first-order chi connectivity index (χ1) is 11.5. The lowest BCUT2D eigenvalue weighted by atomic mass is 10.2. The van der Waals surface area contributed by atoms with Crippen molar-refractivity contribution < 1.29 is 13.2 Å². The second kappa shape index (κ2) is 6.60. The van der Waals surface area contributed by atoms with E-state index in [0.29, 0.717) is 22.6 Å². The van der Waals surface area contributed by atoms with Gasteiger partial charge in [0.25, 0.3) is 0 Å². The highest BCUT2D eigenvalue weighted by Gasteiger charge is 2.33. The molecule has 5 nitrogen and oxygen atoms in total. The van der Waals surface area contributed by atoms with Gasteiger partial charge in [-0.1, -0.05) is 30.3 Å². The van der Waals surface area contributed by atoms with Gasteiger partial charge in [0.1, 0.15) is 5.03 Å². The first-order valence-electron chi connectivity index (χ1n) is 7.06. The van der Waals surface area contributed by atoms with Crippen LogP contribution in [0.1, 0.15) is 12.6 Å². The second-order valence-corrected chi connectivity index (χ2v) is 5.76. The van der Waals surface area contributed by atoms with Crippen LogP contribution < -0.4 is 0 Å². The van der Waals surface area contributed by atoms with Crippen molar-refractivity contribution in [2.45, 2.75) is 29.8 Å². The van der Waals surface area contributed by atoms with Gasteiger partial charge in [-0.15, -0.1) is 20.4 Å². The Balaban J connectivity index is 1.87. The number of aromatic nitrogens is 5. The van der Waals surface area contributed by atoms with Gasteiger partial charge in [0.2, 0.25) is 0 Å². The lowest BCUT2D eigenvalue weighted by Crippen LogP contribution is -2.09. The average molecular weight is 351 g/mol. The topological polar surface area (TPSA) is 56.5 Å². The zero-order chi connectivity index (χ0) is 17.2. The lowest BCUT2D eigenvalue weighted by Gasteiger charge is -2.07. The fraction of sp³-hybridized carbons (Fsp3) is 0.200. The van der Waals surface area contributed by atoms with Crippen molar-refractivity contribution in [3.63, 3.8) is 0 Å². The van der Waals surface area contributed by atoms with E-state index in [9.17, 15) is 13.2 Å². The van der Waals surface area contributed by atoms with Gasteiger partial charge in [-0.25, -0.2) is 0 Å². The maximum absolute atomic E-state index is 12.5. The molecule has 0 aliphatic rings. The van der Waals surface area contributed by atoms with E-state index in [-0.39, 0.29) is 0 Å². The maximum Gasteiger partial charge on any atom is 0.435 e. The van der Waals surface area contributed by atoms with Crippen LogP contribution >= 0.6 is 11.8 Å². The molecule has 9 heteroatoms. The van der Waals surface area contributed by atoms with Crippen LogP contribution in [0.5, 0.6) is 0 Å². The summed E-state index contributed by atoms with van der Waals surface area (Å²) in [6, 6.07) is 11.7. The minimum absolute atomic E-state index is 0.324. The average Bonchev–Trinajstić information content (AvgIpc) is 2.98. The number of nitrogens with zero attached hydrogens (tertiary/aromatic N) is 5. The van der Waals surface area contributed by atoms with Crippen LogP contribution in [0.15, 0.2) is 52.6 Å². The van der Waals surface area contributed by atoms with Crippen LogP contribution in [-0.4, -0.2) is 25.0 Å². The molecule has 2 aromatic heterocycles. The molecule has 3 aromatic rings. The highest BCUT2D eigenvalue weighted by molar-refractivity contribution is 7.99. The molecule has 0 unspecified atom stereocenters. The summed E-state index contributed by atoms with van der Waals surface area (Å²) >= 11 is 1.12. The molecular formula is C15H12F3N5S. The van der Waals surface area contributed by atoms with Crippen LogP contribution in [0, 0.1) is 0 Å². The molecule has 0 spiro atoms. The van der Waals surface area contributed by atoms with E-state index in [2.05, 4.69) is 20.4 Å². The molecule has 0 fully saturated rings. The van der Waals surface area contributed by atoms with E-state index in [4.69, 9.17) is 0 Å². The number of hydrogen-bond acceptors (Lipinski definition) is 5. The number of rotatable bonds is 4. The Kier molecular flexibility index (Phi) is 4.52. The van der Waals surface area contributed by atoms with E-state index in [1.807, 2.05) is 41.8 Å². The molecule has 124 valence electrons. The summed E-state index contributed by atoms with van der Waals surface area (Å²) in [5, 5.41) is 16.0. The third-order valence-corrected chi connectivity index (χ3v) is 4.10. The lowest BCUT2D eigenvalue weighted by molar-refractivity contribution is -0.141. The van der Waals surface area contributed by atoms with Crippen LogP contribution in [0.25, 0.3) is 11.4 Å². The molecule has 0 radical (unpaired) electrons. The molecule has 0 saturated heterocycles. The van der Waals surface area contributed by atoms with Gasteiger partial charge < -0.3 is 4.57 Å². The Morgan fingerprint density at radius 1 is 0.958 bits per heavy atom. The first kappa shape index (κ1) is 16.4. The molecular weight excluding hydrogens is 339 g/mol. The zero-order valence-electron chi connectivity index (χ0n) is 12.5. The molecule has 0 N–H and O–H groups in total. The molecule has 0 amide bonds. The SMILES string of the molecule is CCn1c(Sc2ccc(C(F)(F)F)nn2)nnc1-c1ccccc1. The molecule has 0 aliphatic heterocycles. The van der Waals surface area contributed by atoms with Gasteiger partial charge in [0.05, 0.1) is 0 Å². The minimum atomic E-state index is -4.50. The minimum Gasteiger partial charge on any atom is -0.302 e. The van der Waals surface area contributed by atoms with E-state index < -0.39 is 11.9 Å². The summed E-state index contributed by atoms with van der Waals surface area (Å²) in [7, 11) is 0. The molecule has 24 heavy (non-hydrogen) atoms. The van der Waals surface area contributed by atoms with E-state index in [1.165, 1.54) is 6.07 Å². The molecule has 3 rings (SSSR count). The van der Waals surface area contributed by atoms with Crippen molar-refractivity contribution in [3.05, 3.63) is 48.2 Å². The molecule has 0 bridgehead atoms. The third kappa shape index (κ3) is 3.40. The highest BCUT2D eigenvalue weighted by atomic mass is 32.2. The van der Waals surface area contributed by atoms with E-state index >= 15 is 0 Å². The van der Waals surface area contributed by atoms with E-state index in [0.717, 1.165) is 23.4 Å². The second-order valence-electron chi connectivity index (χ2n) is 4.77. The van der Waals surface area contributed by atoms with Gasteiger partial charge in [-0.2, -0.15) is 13.2 Å². The van der Waals surface area contributed by atoms with Crippen molar-refractivity contribution in [2.75, 3.05) is 0 Å². The van der Waals surface area contributed by atoms with Crippen LogP contribution in [-0.2, 0) is 12.7 Å². The molecule has 0 atom stereocenters. The summed E-state index contributed by atoms with van der Waals surface area (Å²) in [5.41, 5.74) is -0.106. The number of hydrogen-bond donors (Lipinski definition) is 0. The zero-order valence-corrected chi connectivity index (χ0v) is 13.3. The van der Waals surface area contributed by atoms with Crippen molar-refractivity contribution in [3.8, 4) is 11.4 Å². The van der Waals surface area contributed by atoms with Crippen molar-refractivity contribution >= 4 is 11.8 Å². The summed E-state index contributed by atoms with van der Waals surface area (Å²) < 4.78 is 39.4. The Hall–Kier alpha value is -2.42. The van der Waals surface area contributed by atoms with Gasteiger partial charge in [0.15, 0.2) is 16.7 Å². The summed E-state index contributed by atoms with van der Waals surface area (Å²) in [4.78, 5) is 0. The molecule has 1 aromatic carbocycles.